The van der Waals surface area contributed by atoms with Gasteiger partial charge in [-0.15, -0.1) is 0 Å². The predicted octanol–water partition coefficient (Wildman–Crippen LogP) is 13.8. The van der Waals surface area contributed by atoms with Gasteiger partial charge < -0.3 is 57.2 Å². The average molecular weight is 1410 g/mol. The molecule has 10 N–H and O–H groups in total. The molecule has 11 rings (SSSR count). The van der Waals surface area contributed by atoms with Gasteiger partial charge >= 0.3 is 0 Å². The molecule has 3 aliphatic rings. The molecule has 0 spiro atoms. The van der Waals surface area contributed by atoms with Gasteiger partial charge in [0.1, 0.15) is 6.23 Å². The third-order valence-electron chi connectivity index (χ3n) is 15.6. The minimum absolute atomic E-state index is 0. The van der Waals surface area contributed by atoms with Crippen LogP contribution in [0, 0.1) is 0 Å². The van der Waals surface area contributed by atoms with E-state index in [1.807, 2.05) is 124 Å². The highest BCUT2D eigenvalue weighted by molar-refractivity contribution is 9.09. The number of nitrogens with zero attached hydrogens (tertiary/aromatic N) is 8. The van der Waals surface area contributed by atoms with Gasteiger partial charge in [-0.25, -0.2) is 19.9 Å². The van der Waals surface area contributed by atoms with Gasteiger partial charge in [0.2, 0.25) is 23.0 Å². The Labute approximate surface area is 574 Å². The maximum atomic E-state index is 12.1. The van der Waals surface area contributed by atoms with Crippen molar-refractivity contribution in [2.24, 2.45) is 0 Å². The molecule has 20 nitrogen and oxygen atoms in total. The highest BCUT2D eigenvalue weighted by atomic mass is 79.9. The van der Waals surface area contributed by atoms with E-state index in [2.05, 4.69) is 113 Å². The fraction of sp³-hybridized carbons (Fsp3) is 0.412. The third kappa shape index (κ3) is 24.4. The summed E-state index contributed by atoms with van der Waals surface area (Å²) in [5, 5.41) is 23.6. The van der Waals surface area contributed by atoms with Crippen LogP contribution < -0.4 is 37.6 Å². The van der Waals surface area contributed by atoms with Crippen molar-refractivity contribution in [2.75, 3.05) is 75.4 Å². The molecular weight excluding hydrogens is 1320 g/mol. The van der Waals surface area contributed by atoms with Gasteiger partial charge in [-0.3, -0.25) is 24.2 Å². The monoisotopic (exact) mass is 1410 g/mol. The molecule has 2 saturated carbocycles. The minimum Gasteiger partial charge on any atom is -0.397 e. The second kappa shape index (κ2) is 38.2. The van der Waals surface area contributed by atoms with E-state index in [4.69, 9.17) is 55.2 Å². The van der Waals surface area contributed by atoms with Crippen LogP contribution in [0.4, 0.5) is 23.3 Å². The van der Waals surface area contributed by atoms with Gasteiger partial charge in [-0.1, -0.05) is 104 Å². The zero-order valence-corrected chi connectivity index (χ0v) is 58.5. The minimum atomic E-state index is -0.431. The van der Waals surface area contributed by atoms with Gasteiger partial charge in [-0.05, 0) is 167 Å². The van der Waals surface area contributed by atoms with Gasteiger partial charge in [-0.2, -0.15) is 0 Å². The lowest BCUT2D eigenvalue weighted by Crippen LogP contribution is -2.48. The topological polar surface area (TPSA) is 257 Å². The number of likely N-dealkylation sites (N-methyl/N-ethyl adjacent to an activating group) is 1. The standard InChI is InChI=1S/C31H37ClN8O.C25H28ClN7.C5H12NOP.C4H4BrClO.C2H7N.CH4/c1-31(36-18-22-12-13-23(17-33-22)37-28(41)11-7-15-40(2)3)14-6-8-21(16-31)38-30-35-20-26(32)29(39-30)25-19-34-27-10-5-4-9-24(25)27;1-25(31-13-18-9-8-16(27)12-28-18)10-4-5-17(11-25)32-24-30-15-21(26)23(33-24)20-14-29-22-7-3-2-6-19(20)22;1-6(8)5-3-2-4-7-5;5-3-1-2-4(6)7;1-3-2;/h4-5,7,9-13,17,19-21,34,36H,6,8,14-16,18H2,1-3H3,(H,37,41)(H,35,38,39);2-3,6-9,12,14-15,17,29,31H,4-5,10-11,13,27H2,1H3,(H,30,32,33);5H,2-4,8H2,1H3;1-2H,3H2;3H,1-2H3;1H4/b11-7+;;;2-1+;;/t21-,31+;17-,25+;;;;/m11..../s1. The SMILES string of the molecule is C.CN(C)C/C=C/C(=O)Nc1ccc(CN[C@@]2(C)CCC[C@@H](Nc3ncc(Cl)c(-c4c[nH]c5ccccc45)n3)C2)nc1.CN(P)C1CCCO1.CNC.C[C@]1(NCc2ccc(N)cn2)CCC[C@@H](Nc2ncc(Cl)c(-c3c[nH]c4ccccc34)n2)C1.O=C(Cl)/C=C/CBr. The molecule has 1 saturated heterocycles. The third-order valence-corrected chi connectivity index (χ3v) is 17.0. The number of nitrogen functional groups attached to an aromatic ring is 1. The Balaban J connectivity index is 0.000000234. The number of allylic oxidation sites excluding steroid dienone is 2. The molecular formula is C68H92BrCl3N17O3P. The van der Waals surface area contributed by atoms with Crippen LogP contribution in [0.1, 0.15) is 96.9 Å². The Morgan fingerprint density at radius 2 is 1.24 bits per heavy atom. The van der Waals surface area contributed by atoms with E-state index in [0.29, 0.717) is 70.2 Å². The summed E-state index contributed by atoms with van der Waals surface area (Å²) >= 11 is 21.0. The molecule has 2 aromatic carbocycles. The normalized spacial score (nSPS) is 19.3. The van der Waals surface area contributed by atoms with Gasteiger partial charge in [0.25, 0.3) is 0 Å². The molecule has 2 unspecified atom stereocenters. The number of carbonyl (C=O) groups is 2. The summed E-state index contributed by atoms with van der Waals surface area (Å²) in [7, 11) is 12.3. The summed E-state index contributed by atoms with van der Waals surface area (Å²) in [5.74, 6) is 1.03. The van der Waals surface area contributed by atoms with E-state index >= 15 is 0 Å². The summed E-state index contributed by atoms with van der Waals surface area (Å²) < 4.78 is 7.35. The van der Waals surface area contributed by atoms with Gasteiger partial charge in [0.05, 0.1) is 69.0 Å². The van der Waals surface area contributed by atoms with Crippen LogP contribution in [0.25, 0.3) is 44.3 Å². The van der Waals surface area contributed by atoms with Crippen LogP contribution in [0.5, 0.6) is 0 Å². The summed E-state index contributed by atoms with van der Waals surface area (Å²) in [6.45, 7) is 7.54. The van der Waals surface area contributed by atoms with Crippen molar-refractivity contribution in [3.05, 3.63) is 156 Å². The van der Waals surface area contributed by atoms with Crippen LogP contribution in [0.2, 0.25) is 10.0 Å². The molecule has 25 heteroatoms. The Bertz CT molecular complexity index is 3650. The van der Waals surface area contributed by atoms with Crippen molar-refractivity contribution in [1.29, 1.82) is 0 Å². The average Bonchev–Trinajstić information content (AvgIpc) is 1.73. The summed E-state index contributed by atoms with van der Waals surface area (Å²) in [6, 6.07) is 24.4. The number of anilines is 4. The largest absolute Gasteiger partial charge is 0.397 e. The molecule has 6 aromatic heterocycles. The van der Waals surface area contributed by atoms with Crippen molar-refractivity contribution < 1.29 is 14.3 Å². The number of pyridine rings is 2. The molecule has 3 fully saturated rings. The summed E-state index contributed by atoms with van der Waals surface area (Å²) in [6.07, 6.45) is 28.1. The van der Waals surface area contributed by atoms with Crippen molar-refractivity contribution in [1.82, 2.24) is 65.4 Å². The number of aromatic nitrogens is 8. The van der Waals surface area contributed by atoms with Crippen molar-refractivity contribution in [3.8, 4) is 22.5 Å². The number of alkyl halides is 1. The number of rotatable bonds is 19. The Hall–Kier alpha value is -6.46. The number of halogens is 4. The maximum absolute atomic E-state index is 12.1. The molecule has 1 aliphatic heterocycles. The number of H-pyrrole nitrogens is 2. The van der Waals surface area contributed by atoms with E-state index < -0.39 is 5.24 Å². The second-order valence-corrected chi connectivity index (χ2v) is 26.4. The lowest BCUT2D eigenvalue weighted by molar-refractivity contribution is -0.112. The molecule has 7 heterocycles. The molecule has 1 amide bonds. The summed E-state index contributed by atoms with van der Waals surface area (Å²) in [5.41, 5.74) is 14.5. The number of amides is 1. The number of nitrogens with one attached hydrogen (secondary N) is 8. The van der Waals surface area contributed by atoms with Crippen molar-refractivity contribution >= 4 is 116 Å². The van der Waals surface area contributed by atoms with Crippen LogP contribution in [0.3, 0.4) is 0 Å². The summed E-state index contributed by atoms with van der Waals surface area (Å²) in [4.78, 5) is 58.0. The fourth-order valence-corrected chi connectivity index (χ4v) is 11.9. The van der Waals surface area contributed by atoms with Crippen molar-refractivity contribution in [3.63, 3.8) is 0 Å². The van der Waals surface area contributed by atoms with Gasteiger partial charge in [0, 0.05) is 106 Å². The first kappa shape index (κ1) is 75.6. The van der Waals surface area contributed by atoms with Crippen LogP contribution >= 0.6 is 60.1 Å². The smallest absolute Gasteiger partial charge is 0.248 e. The molecule has 0 bridgehead atoms. The van der Waals surface area contributed by atoms with E-state index in [1.165, 1.54) is 18.9 Å². The number of fused-ring (bicyclic) bond motifs is 2. The van der Waals surface area contributed by atoms with Gasteiger partial charge in [0.15, 0.2) is 0 Å². The first-order valence-electron chi connectivity index (χ1n) is 30.8. The number of benzene rings is 2. The molecule has 8 aromatic rings. The lowest BCUT2D eigenvalue weighted by atomic mass is 9.80. The van der Waals surface area contributed by atoms with Crippen LogP contribution in [-0.2, 0) is 27.4 Å². The maximum Gasteiger partial charge on any atom is 0.248 e. The predicted molar refractivity (Wildman–Crippen MR) is 392 cm³/mol. The van der Waals surface area contributed by atoms with E-state index in [-0.39, 0.29) is 36.5 Å². The lowest BCUT2D eigenvalue weighted by Gasteiger charge is -2.39. The zero-order chi connectivity index (χ0) is 66.0. The first-order chi connectivity index (χ1) is 44.3. The number of carbonyl (C=O) groups excluding carboxylic acids is 2. The van der Waals surface area contributed by atoms with E-state index in [9.17, 15) is 9.59 Å². The molecule has 93 heavy (non-hydrogen) atoms. The molecule has 2 aliphatic carbocycles. The number of aromatic amines is 2. The first-order valence-corrected chi connectivity index (χ1v) is 33.6. The number of hydrogen-bond donors (Lipinski definition) is 9. The van der Waals surface area contributed by atoms with Crippen molar-refractivity contribution in [2.45, 2.75) is 128 Å². The van der Waals surface area contributed by atoms with E-state index in [0.717, 1.165) is 108 Å². The molecule has 500 valence electrons. The highest BCUT2D eigenvalue weighted by Crippen LogP contribution is 2.36. The van der Waals surface area contributed by atoms with E-state index in [1.54, 1.807) is 36.9 Å². The van der Waals surface area contributed by atoms with Crippen LogP contribution in [0.15, 0.2) is 134 Å². The fourth-order valence-electron chi connectivity index (χ4n) is 11.0. The Kier molecular flexibility index (Phi) is 31.0. The Morgan fingerprint density at radius 3 is 1.66 bits per heavy atom. The zero-order valence-electron chi connectivity index (χ0n) is 53.5. The number of para-hydroxylation sites is 2. The quantitative estimate of drug-likeness (QED) is 0.0158. The Morgan fingerprint density at radius 1 is 0.720 bits per heavy atom. The number of ether oxygens (including phenoxy) is 1. The molecule has 6 atom stereocenters. The highest BCUT2D eigenvalue weighted by Gasteiger charge is 2.34. The van der Waals surface area contributed by atoms with Crippen LogP contribution in [-0.4, -0.2) is 144 Å². The molecule has 0 radical (unpaired) electrons. The number of hydrogen-bond acceptors (Lipinski definition) is 17. The number of nitrogens with two attached hydrogens (primary N) is 1. The second-order valence-electron chi connectivity index (χ2n) is 23.7.